The maximum atomic E-state index is 5.68. The lowest BCUT2D eigenvalue weighted by molar-refractivity contribution is 0.318. The third-order valence-electron chi connectivity index (χ3n) is 2.50. The van der Waals surface area contributed by atoms with Crippen molar-refractivity contribution < 1.29 is 4.74 Å². The molecule has 0 spiro atoms. The van der Waals surface area contributed by atoms with Gasteiger partial charge in [-0.3, -0.25) is 0 Å². The van der Waals surface area contributed by atoms with Gasteiger partial charge in [-0.2, -0.15) is 11.8 Å². The molecule has 0 radical (unpaired) electrons. The largest absolute Gasteiger partial charge is 0.494 e. The Morgan fingerprint density at radius 1 is 1.41 bits per heavy atom. The summed E-state index contributed by atoms with van der Waals surface area (Å²) >= 11 is 1.96. The van der Waals surface area contributed by atoms with Crippen LogP contribution in [-0.4, -0.2) is 24.7 Å². The lowest BCUT2D eigenvalue weighted by Gasteiger charge is -2.08. The highest BCUT2D eigenvalue weighted by atomic mass is 32.2. The molecule has 3 heteroatoms. The van der Waals surface area contributed by atoms with Crippen molar-refractivity contribution in [3.63, 3.8) is 0 Å². The molecule has 0 bridgehead atoms. The van der Waals surface area contributed by atoms with E-state index in [9.17, 15) is 0 Å². The van der Waals surface area contributed by atoms with E-state index in [1.807, 2.05) is 23.9 Å². The molecule has 0 aliphatic carbocycles. The summed E-state index contributed by atoms with van der Waals surface area (Å²) in [6, 6.07) is 8.19. The number of ether oxygens (including phenoxy) is 1. The molecule has 96 valence electrons. The van der Waals surface area contributed by atoms with E-state index in [-0.39, 0.29) is 0 Å². The molecule has 0 aliphatic heterocycles. The van der Waals surface area contributed by atoms with Crippen LogP contribution in [0.25, 0.3) is 0 Å². The number of hydrogen-bond donors (Lipinski definition) is 1. The van der Waals surface area contributed by atoms with E-state index in [1.165, 1.54) is 5.56 Å². The average molecular weight is 253 g/mol. The number of rotatable bonds is 8. The monoisotopic (exact) mass is 253 g/mol. The average Bonchev–Trinajstić information content (AvgIpc) is 2.33. The first-order valence-electron chi connectivity index (χ1n) is 6.19. The predicted octanol–water partition coefficient (Wildman–Crippen LogP) is 3.09. The summed E-state index contributed by atoms with van der Waals surface area (Å²) in [6.45, 7) is 5.85. The normalized spacial score (nSPS) is 12.4. The Morgan fingerprint density at radius 3 is 2.94 bits per heavy atom. The molecule has 2 nitrogen and oxygen atoms in total. The van der Waals surface area contributed by atoms with Gasteiger partial charge in [0, 0.05) is 0 Å². The van der Waals surface area contributed by atoms with Gasteiger partial charge in [-0.05, 0) is 55.0 Å². The lowest BCUT2D eigenvalue weighted by atomic mass is 10.2. The molecular weight excluding hydrogens is 230 g/mol. The summed E-state index contributed by atoms with van der Waals surface area (Å²) < 4.78 is 5.68. The minimum absolute atomic E-state index is 0.623. The number of benzene rings is 1. The summed E-state index contributed by atoms with van der Waals surface area (Å²) in [4.78, 5) is 0. The lowest BCUT2D eigenvalue weighted by Crippen LogP contribution is -2.13. The molecule has 1 rings (SSSR count). The van der Waals surface area contributed by atoms with Gasteiger partial charge in [-0.15, -0.1) is 0 Å². The number of aryl methyl sites for hydroxylation is 1. The van der Waals surface area contributed by atoms with Crippen LogP contribution >= 0.6 is 11.8 Å². The second-order valence-corrected chi connectivity index (χ2v) is 5.58. The summed E-state index contributed by atoms with van der Waals surface area (Å²) in [5.41, 5.74) is 6.81. The molecule has 1 atom stereocenters. The van der Waals surface area contributed by atoms with E-state index in [0.717, 1.165) is 36.8 Å². The Kier molecular flexibility index (Phi) is 7.13. The third kappa shape index (κ3) is 6.59. The Bertz CT molecular complexity index is 317. The van der Waals surface area contributed by atoms with Crippen molar-refractivity contribution in [3.8, 4) is 5.75 Å². The molecule has 1 aromatic rings. The SMILES string of the molecule is Cc1cccc(OCCCSCC(C)CN)c1. The Hall–Kier alpha value is -0.670. The second-order valence-electron chi connectivity index (χ2n) is 4.43. The van der Waals surface area contributed by atoms with Gasteiger partial charge in [0.05, 0.1) is 6.61 Å². The quantitative estimate of drug-likeness (QED) is 0.723. The van der Waals surface area contributed by atoms with Crippen LogP contribution in [-0.2, 0) is 0 Å². The minimum Gasteiger partial charge on any atom is -0.494 e. The highest BCUT2D eigenvalue weighted by Crippen LogP contribution is 2.13. The van der Waals surface area contributed by atoms with Gasteiger partial charge < -0.3 is 10.5 Å². The van der Waals surface area contributed by atoms with Crippen LogP contribution in [0.15, 0.2) is 24.3 Å². The fourth-order valence-corrected chi connectivity index (χ4v) is 2.44. The van der Waals surface area contributed by atoms with Crippen molar-refractivity contribution >= 4 is 11.8 Å². The summed E-state index contributed by atoms with van der Waals surface area (Å²) in [5.74, 6) is 3.90. The molecule has 0 saturated carbocycles. The minimum atomic E-state index is 0.623. The molecule has 0 amide bonds. The van der Waals surface area contributed by atoms with Crippen LogP contribution in [0.4, 0.5) is 0 Å². The van der Waals surface area contributed by atoms with Crippen molar-refractivity contribution in [2.75, 3.05) is 24.7 Å². The number of nitrogens with two attached hydrogens (primary N) is 1. The van der Waals surface area contributed by atoms with Crippen molar-refractivity contribution in [2.24, 2.45) is 11.7 Å². The summed E-state index contributed by atoms with van der Waals surface area (Å²) in [5, 5.41) is 0. The van der Waals surface area contributed by atoms with E-state index < -0.39 is 0 Å². The Labute approximate surface area is 109 Å². The molecule has 0 heterocycles. The van der Waals surface area contributed by atoms with Crippen LogP contribution in [0.3, 0.4) is 0 Å². The van der Waals surface area contributed by atoms with Crippen molar-refractivity contribution in [3.05, 3.63) is 29.8 Å². The topological polar surface area (TPSA) is 35.2 Å². The molecule has 0 fully saturated rings. The van der Waals surface area contributed by atoms with Gasteiger partial charge in [0.1, 0.15) is 5.75 Å². The summed E-state index contributed by atoms with van der Waals surface area (Å²) in [6.07, 6.45) is 1.09. The molecule has 1 unspecified atom stereocenters. The predicted molar refractivity (Wildman–Crippen MR) is 76.8 cm³/mol. The van der Waals surface area contributed by atoms with E-state index in [2.05, 4.69) is 26.0 Å². The number of hydrogen-bond acceptors (Lipinski definition) is 3. The highest BCUT2D eigenvalue weighted by Gasteiger charge is 1.99. The zero-order valence-corrected chi connectivity index (χ0v) is 11.6. The highest BCUT2D eigenvalue weighted by molar-refractivity contribution is 7.99. The first kappa shape index (κ1) is 14.4. The van der Waals surface area contributed by atoms with Crippen LogP contribution in [0.1, 0.15) is 18.9 Å². The third-order valence-corrected chi connectivity index (χ3v) is 3.88. The van der Waals surface area contributed by atoms with Crippen LogP contribution in [0, 0.1) is 12.8 Å². The molecule has 0 aliphatic rings. The van der Waals surface area contributed by atoms with Gasteiger partial charge in [0.15, 0.2) is 0 Å². The van der Waals surface area contributed by atoms with Gasteiger partial charge in [-0.1, -0.05) is 19.1 Å². The molecule has 1 aromatic carbocycles. The van der Waals surface area contributed by atoms with Gasteiger partial charge in [0.2, 0.25) is 0 Å². The van der Waals surface area contributed by atoms with E-state index >= 15 is 0 Å². The molecule has 2 N–H and O–H groups in total. The maximum Gasteiger partial charge on any atom is 0.119 e. The van der Waals surface area contributed by atoms with Crippen molar-refractivity contribution in [1.29, 1.82) is 0 Å². The molecular formula is C14H23NOS. The van der Waals surface area contributed by atoms with Gasteiger partial charge in [-0.25, -0.2) is 0 Å². The molecule has 0 saturated heterocycles. The maximum absolute atomic E-state index is 5.68. The van der Waals surface area contributed by atoms with Gasteiger partial charge in [0.25, 0.3) is 0 Å². The second kappa shape index (κ2) is 8.43. The van der Waals surface area contributed by atoms with Crippen LogP contribution < -0.4 is 10.5 Å². The fraction of sp³-hybridized carbons (Fsp3) is 0.571. The van der Waals surface area contributed by atoms with E-state index in [0.29, 0.717) is 5.92 Å². The first-order chi connectivity index (χ1) is 8.22. The van der Waals surface area contributed by atoms with Crippen LogP contribution in [0.2, 0.25) is 0 Å². The van der Waals surface area contributed by atoms with Crippen molar-refractivity contribution in [2.45, 2.75) is 20.3 Å². The zero-order valence-electron chi connectivity index (χ0n) is 10.8. The van der Waals surface area contributed by atoms with Crippen LogP contribution in [0.5, 0.6) is 5.75 Å². The fourth-order valence-electron chi connectivity index (χ4n) is 1.41. The van der Waals surface area contributed by atoms with Gasteiger partial charge >= 0.3 is 0 Å². The first-order valence-corrected chi connectivity index (χ1v) is 7.35. The Balaban J connectivity index is 2.05. The van der Waals surface area contributed by atoms with E-state index in [1.54, 1.807) is 0 Å². The van der Waals surface area contributed by atoms with Crippen molar-refractivity contribution in [1.82, 2.24) is 0 Å². The zero-order chi connectivity index (χ0) is 12.5. The van der Waals surface area contributed by atoms with E-state index in [4.69, 9.17) is 10.5 Å². The standard InChI is InChI=1S/C14H23NOS/c1-12-5-3-6-14(9-12)16-7-4-8-17-11-13(2)10-15/h3,5-6,9,13H,4,7-8,10-11,15H2,1-2H3. The molecule has 17 heavy (non-hydrogen) atoms. The number of thioether (sulfide) groups is 1. The molecule has 0 aromatic heterocycles. The summed E-state index contributed by atoms with van der Waals surface area (Å²) in [7, 11) is 0. The Morgan fingerprint density at radius 2 is 2.24 bits per heavy atom. The smallest absolute Gasteiger partial charge is 0.119 e.